The Morgan fingerprint density at radius 3 is 3.00 bits per heavy atom. The molecule has 0 amide bonds. The Bertz CT molecular complexity index is 436. The van der Waals surface area contributed by atoms with Crippen molar-refractivity contribution >= 4 is 5.97 Å². The lowest BCUT2D eigenvalue weighted by Gasteiger charge is -2.34. The molecule has 19 heavy (non-hydrogen) atoms. The first-order chi connectivity index (χ1) is 9.05. The summed E-state index contributed by atoms with van der Waals surface area (Å²) in [5, 5.41) is 7.09. The van der Waals surface area contributed by atoms with Crippen molar-refractivity contribution in [2.45, 2.75) is 39.0 Å². The van der Waals surface area contributed by atoms with E-state index in [9.17, 15) is 4.79 Å². The van der Waals surface area contributed by atoms with Gasteiger partial charge in [0.25, 0.3) is 5.82 Å². The van der Waals surface area contributed by atoms with Crippen molar-refractivity contribution in [3.8, 4) is 0 Å². The molecule has 1 aliphatic heterocycles. The van der Waals surface area contributed by atoms with Gasteiger partial charge in [0.2, 0.25) is 5.89 Å². The van der Waals surface area contributed by atoms with Crippen molar-refractivity contribution in [2.75, 3.05) is 19.7 Å². The summed E-state index contributed by atoms with van der Waals surface area (Å²) in [6, 6.07) is 0. The summed E-state index contributed by atoms with van der Waals surface area (Å²) in [7, 11) is 0. The first-order valence-electron chi connectivity index (χ1n) is 6.77. The molecule has 0 aromatic carbocycles. The number of aromatic nitrogens is 2. The average Bonchev–Trinajstić information content (AvgIpc) is 2.90. The Balaban J connectivity index is 2.13. The molecular weight excluding hydrogens is 246 g/mol. The predicted octanol–water partition coefficient (Wildman–Crippen LogP) is 1.52. The fourth-order valence-corrected chi connectivity index (χ4v) is 2.41. The molecule has 0 aliphatic carbocycles. The van der Waals surface area contributed by atoms with Crippen LogP contribution in [-0.4, -0.2) is 35.8 Å². The van der Waals surface area contributed by atoms with Gasteiger partial charge in [-0.25, -0.2) is 4.79 Å². The molecule has 106 valence electrons. The van der Waals surface area contributed by atoms with Crippen molar-refractivity contribution < 1.29 is 14.1 Å². The highest BCUT2D eigenvalue weighted by molar-refractivity contribution is 5.84. The summed E-state index contributed by atoms with van der Waals surface area (Å²) < 4.78 is 10.1. The maximum Gasteiger partial charge on any atom is 0.379 e. The molecule has 0 radical (unpaired) electrons. The van der Waals surface area contributed by atoms with Crippen LogP contribution >= 0.6 is 0 Å². The van der Waals surface area contributed by atoms with Gasteiger partial charge in [-0.2, -0.15) is 4.98 Å². The number of esters is 1. The van der Waals surface area contributed by atoms with Gasteiger partial charge in [0, 0.05) is 5.41 Å². The van der Waals surface area contributed by atoms with E-state index in [4.69, 9.17) is 9.26 Å². The summed E-state index contributed by atoms with van der Waals surface area (Å²) in [6.45, 7) is 8.20. The van der Waals surface area contributed by atoms with Crippen LogP contribution in [0.4, 0.5) is 0 Å². The lowest BCUT2D eigenvalue weighted by molar-refractivity contribution is 0.0508. The third-order valence-electron chi connectivity index (χ3n) is 3.75. The molecule has 2 heterocycles. The number of hydrogen-bond acceptors (Lipinski definition) is 6. The van der Waals surface area contributed by atoms with Crippen molar-refractivity contribution in [2.24, 2.45) is 5.92 Å². The molecule has 1 aliphatic rings. The zero-order valence-electron chi connectivity index (χ0n) is 11.7. The fraction of sp³-hybridized carbons (Fsp3) is 0.769. The van der Waals surface area contributed by atoms with Gasteiger partial charge in [0.15, 0.2) is 0 Å². The molecule has 1 atom stereocenters. The first kappa shape index (κ1) is 14.0. The molecule has 0 spiro atoms. The molecule has 6 nitrogen and oxygen atoms in total. The van der Waals surface area contributed by atoms with Gasteiger partial charge in [0.1, 0.15) is 0 Å². The minimum absolute atomic E-state index is 0.00805. The Morgan fingerprint density at radius 1 is 1.58 bits per heavy atom. The average molecular weight is 267 g/mol. The first-order valence-corrected chi connectivity index (χ1v) is 6.77. The highest BCUT2D eigenvalue weighted by atomic mass is 16.5. The largest absolute Gasteiger partial charge is 0.460 e. The Labute approximate surface area is 112 Å². The Kier molecular flexibility index (Phi) is 4.19. The van der Waals surface area contributed by atoms with E-state index in [2.05, 4.69) is 29.3 Å². The molecule has 1 N–H and O–H groups in total. The number of carbonyl (C=O) groups is 1. The molecule has 1 unspecified atom stereocenters. The van der Waals surface area contributed by atoms with Crippen LogP contribution in [0.1, 0.15) is 50.1 Å². The van der Waals surface area contributed by atoms with Crippen molar-refractivity contribution in [1.82, 2.24) is 15.5 Å². The van der Waals surface area contributed by atoms with Crippen LogP contribution in [0.5, 0.6) is 0 Å². The Morgan fingerprint density at radius 2 is 2.37 bits per heavy atom. The van der Waals surface area contributed by atoms with Crippen LogP contribution in [0.15, 0.2) is 4.52 Å². The summed E-state index contributed by atoms with van der Waals surface area (Å²) in [5.41, 5.74) is -0.245. The zero-order valence-corrected chi connectivity index (χ0v) is 11.7. The standard InChI is InChI=1S/C13H21N3O3/c1-4-18-11(17)10-15-12(19-16-10)13(2,3)9-6-5-7-14-8-9/h9,14H,4-8H2,1-3H3. The van der Waals surface area contributed by atoms with Gasteiger partial charge in [-0.15, -0.1) is 0 Å². The van der Waals surface area contributed by atoms with Crippen LogP contribution in [0.25, 0.3) is 0 Å². The highest BCUT2D eigenvalue weighted by Crippen LogP contribution is 2.34. The molecule has 1 saturated heterocycles. The molecule has 2 rings (SSSR count). The highest BCUT2D eigenvalue weighted by Gasteiger charge is 2.37. The molecule has 1 aromatic heterocycles. The van der Waals surface area contributed by atoms with Gasteiger partial charge in [0.05, 0.1) is 6.61 Å². The number of piperidine rings is 1. The van der Waals surface area contributed by atoms with Gasteiger partial charge >= 0.3 is 5.97 Å². The van der Waals surface area contributed by atoms with Crippen LogP contribution < -0.4 is 5.32 Å². The van der Waals surface area contributed by atoms with Crippen LogP contribution in [-0.2, 0) is 10.2 Å². The van der Waals surface area contributed by atoms with E-state index in [1.54, 1.807) is 6.92 Å². The van der Waals surface area contributed by atoms with E-state index in [0.717, 1.165) is 25.9 Å². The fourth-order valence-electron chi connectivity index (χ4n) is 2.41. The molecule has 0 bridgehead atoms. The van der Waals surface area contributed by atoms with E-state index >= 15 is 0 Å². The van der Waals surface area contributed by atoms with Crippen molar-refractivity contribution in [1.29, 1.82) is 0 Å². The van der Waals surface area contributed by atoms with E-state index in [1.807, 2.05) is 0 Å². The van der Waals surface area contributed by atoms with E-state index in [0.29, 0.717) is 18.4 Å². The van der Waals surface area contributed by atoms with Crippen LogP contribution in [0, 0.1) is 5.92 Å². The minimum Gasteiger partial charge on any atom is -0.460 e. The predicted molar refractivity (Wildman–Crippen MR) is 68.9 cm³/mol. The SMILES string of the molecule is CCOC(=O)c1noc(C(C)(C)C2CCCNC2)n1. The number of nitrogens with zero attached hydrogens (tertiary/aromatic N) is 2. The second-order valence-corrected chi connectivity index (χ2v) is 5.41. The summed E-state index contributed by atoms with van der Waals surface area (Å²) >= 11 is 0. The summed E-state index contributed by atoms with van der Waals surface area (Å²) in [6.07, 6.45) is 2.27. The molecule has 1 aromatic rings. The van der Waals surface area contributed by atoms with E-state index in [-0.39, 0.29) is 11.2 Å². The smallest absolute Gasteiger partial charge is 0.379 e. The van der Waals surface area contributed by atoms with Gasteiger partial charge < -0.3 is 14.6 Å². The van der Waals surface area contributed by atoms with Crippen LogP contribution in [0.2, 0.25) is 0 Å². The molecule has 6 heteroatoms. The summed E-state index contributed by atoms with van der Waals surface area (Å²) in [4.78, 5) is 15.7. The van der Waals surface area contributed by atoms with Crippen LogP contribution in [0.3, 0.4) is 0 Å². The molecule has 0 saturated carbocycles. The number of nitrogens with one attached hydrogen (secondary N) is 1. The summed E-state index contributed by atoms with van der Waals surface area (Å²) in [5.74, 6) is 0.407. The third-order valence-corrected chi connectivity index (χ3v) is 3.75. The monoisotopic (exact) mass is 267 g/mol. The Hall–Kier alpha value is -1.43. The zero-order chi connectivity index (χ0) is 13.9. The minimum atomic E-state index is -0.532. The maximum atomic E-state index is 11.5. The molecule has 1 fully saturated rings. The van der Waals surface area contributed by atoms with Gasteiger partial charge in [-0.05, 0) is 43.9 Å². The van der Waals surface area contributed by atoms with Gasteiger partial charge in [-0.3, -0.25) is 0 Å². The number of hydrogen-bond donors (Lipinski definition) is 1. The maximum absolute atomic E-state index is 11.5. The van der Waals surface area contributed by atoms with Crippen molar-refractivity contribution in [3.63, 3.8) is 0 Å². The number of carbonyl (C=O) groups excluding carboxylic acids is 1. The lowest BCUT2D eigenvalue weighted by atomic mass is 9.75. The number of ether oxygens (including phenoxy) is 1. The number of rotatable bonds is 4. The quantitative estimate of drug-likeness (QED) is 0.833. The van der Waals surface area contributed by atoms with Crippen molar-refractivity contribution in [3.05, 3.63) is 11.7 Å². The van der Waals surface area contributed by atoms with E-state index in [1.165, 1.54) is 0 Å². The van der Waals surface area contributed by atoms with Gasteiger partial charge in [-0.1, -0.05) is 13.8 Å². The third kappa shape index (κ3) is 2.94. The second-order valence-electron chi connectivity index (χ2n) is 5.41. The second kappa shape index (κ2) is 5.69. The lowest BCUT2D eigenvalue weighted by Crippen LogP contribution is -2.41. The topological polar surface area (TPSA) is 77.2 Å². The molecular formula is C13H21N3O3. The van der Waals surface area contributed by atoms with E-state index < -0.39 is 5.97 Å². The normalized spacial score (nSPS) is 20.3.